The summed E-state index contributed by atoms with van der Waals surface area (Å²) in [6.07, 6.45) is -10.5. The molecule has 240 valence electrons. The molecule has 1 aromatic carbocycles. The van der Waals surface area contributed by atoms with Crippen LogP contribution in [-0.2, 0) is 10.3 Å². The molecule has 2 nitrogen and oxygen atoms in total. The van der Waals surface area contributed by atoms with E-state index in [0.29, 0.717) is 14.0 Å². The maximum atomic E-state index is 14.8. The first-order chi connectivity index (χ1) is 18.0. The van der Waals surface area contributed by atoms with Crippen LogP contribution in [0.1, 0.15) is 32.8 Å². The van der Waals surface area contributed by atoms with Gasteiger partial charge in [0.15, 0.2) is 0 Å². The fraction of sp³-hybridized carbons (Fsp3) is 0.727. The van der Waals surface area contributed by atoms with Crippen molar-refractivity contribution in [2.24, 2.45) is 0 Å². The Labute approximate surface area is 221 Å². The lowest BCUT2D eigenvalue weighted by molar-refractivity contribution is -0.462. The van der Waals surface area contributed by atoms with E-state index in [4.69, 9.17) is 4.74 Å². The molecule has 1 unspecified atom stereocenters. The SMILES string of the molecule is CCN(CC)c1ccccc1C(C)(CC(F)(F)C(F)(F)C(F)(F)C(F)(F)C(F)(F)C(F)(F)C(F)(F)C(F)(F)F)OC. The normalized spacial score (nSPS) is 16.5. The summed E-state index contributed by atoms with van der Waals surface area (Å²) in [5.41, 5.74) is -3.30. The number of anilines is 1. The van der Waals surface area contributed by atoms with Gasteiger partial charge in [-0.25, -0.2) is 0 Å². The minimum Gasteiger partial charge on any atom is -0.374 e. The molecule has 0 saturated heterocycles. The van der Waals surface area contributed by atoms with Gasteiger partial charge in [-0.05, 0) is 26.8 Å². The zero-order valence-electron chi connectivity index (χ0n) is 21.2. The summed E-state index contributed by atoms with van der Waals surface area (Å²) in [6.45, 7) is 3.91. The van der Waals surface area contributed by atoms with E-state index in [-0.39, 0.29) is 18.8 Å². The van der Waals surface area contributed by atoms with Gasteiger partial charge in [-0.1, -0.05) is 18.2 Å². The first kappa shape index (κ1) is 36.8. The topological polar surface area (TPSA) is 12.5 Å². The van der Waals surface area contributed by atoms with Crippen molar-refractivity contribution in [1.29, 1.82) is 0 Å². The van der Waals surface area contributed by atoms with Gasteiger partial charge in [-0.2, -0.15) is 74.6 Å². The quantitative estimate of drug-likeness (QED) is 0.200. The van der Waals surface area contributed by atoms with Gasteiger partial charge in [-0.15, -0.1) is 0 Å². The molecule has 0 saturated carbocycles. The van der Waals surface area contributed by atoms with Crippen LogP contribution >= 0.6 is 0 Å². The number of hydrogen-bond donors (Lipinski definition) is 0. The first-order valence-corrected chi connectivity index (χ1v) is 11.1. The molecule has 0 aliphatic carbocycles. The van der Waals surface area contributed by atoms with Gasteiger partial charge >= 0.3 is 47.6 Å². The van der Waals surface area contributed by atoms with E-state index in [0.717, 1.165) is 12.1 Å². The molecule has 0 amide bonds. The second-order valence-electron chi connectivity index (χ2n) is 8.95. The van der Waals surface area contributed by atoms with Crippen molar-refractivity contribution in [3.8, 4) is 0 Å². The minimum atomic E-state index is -8.66. The Bertz CT molecular complexity index is 1050. The summed E-state index contributed by atoms with van der Waals surface area (Å²) in [4.78, 5) is 1.41. The van der Waals surface area contributed by atoms with E-state index in [9.17, 15) is 74.6 Å². The zero-order valence-corrected chi connectivity index (χ0v) is 21.2. The number of benzene rings is 1. The summed E-state index contributed by atoms with van der Waals surface area (Å²) in [5, 5.41) is 0. The maximum Gasteiger partial charge on any atom is 0.460 e. The third kappa shape index (κ3) is 5.39. The molecule has 0 spiro atoms. The Balaban J connectivity index is 3.75. The average Bonchev–Trinajstić information content (AvgIpc) is 2.83. The molecule has 0 radical (unpaired) electrons. The van der Waals surface area contributed by atoms with E-state index >= 15 is 0 Å². The van der Waals surface area contributed by atoms with Gasteiger partial charge < -0.3 is 9.64 Å². The minimum absolute atomic E-state index is 0.0291. The monoisotopic (exact) mass is 639 g/mol. The number of ether oxygens (including phenoxy) is 1. The van der Waals surface area contributed by atoms with Crippen molar-refractivity contribution in [3.63, 3.8) is 0 Å². The molecule has 0 fully saturated rings. The van der Waals surface area contributed by atoms with Gasteiger partial charge in [0.1, 0.15) is 0 Å². The van der Waals surface area contributed by atoms with Crippen LogP contribution in [0.2, 0.25) is 0 Å². The van der Waals surface area contributed by atoms with Gasteiger partial charge in [0, 0.05) is 31.5 Å². The number of rotatable bonds is 13. The van der Waals surface area contributed by atoms with Crippen molar-refractivity contribution in [2.45, 2.75) is 80.4 Å². The highest BCUT2D eigenvalue weighted by molar-refractivity contribution is 5.56. The molecule has 0 heterocycles. The third-order valence-electron chi connectivity index (χ3n) is 6.37. The number of nitrogens with zero attached hydrogens (tertiary/aromatic N) is 1. The lowest BCUT2D eigenvalue weighted by atomic mass is 9.82. The van der Waals surface area contributed by atoms with Crippen LogP contribution in [0.15, 0.2) is 24.3 Å². The zero-order chi connectivity index (χ0) is 32.9. The average molecular weight is 639 g/mol. The van der Waals surface area contributed by atoms with Gasteiger partial charge in [0.2, 0.25) is 0 Å². The van der Waals surface area contributed by atoms with Gasteiger partial charge in [0.05, 0.1) is 12.0 Å². The Hall–Kier alpha value is -2.21. The Morgan fingerprint density at radius 2 is 0.951 bits per heavy atom. The molecular weight excluding hydrogens is 617 g/mol. The summed E-state index contributed by atoms with van der Waals surface area (Å²) in [7, 11) is 0.577. The van der Waals surface area contributed by atoms with Crippen molar-refractivity contribution in [2.75, 3.05) is 25.1 Å². The fourth-order valence-corrected chi connectivity index (χ4v) is 3.77. The summed E-state index contributed by atoms with van der Waals surface area (Å²) in [6, 6.07) is 4.63. The Morgan fingerprint density at radius 1 is 0.585 bits per heavy atom. The first-order valence-electron chi connectivity index (χ1n) is 11.1. The number of halogens is 17. The molecule has 0 aromatic heterocycles. The van der Waals surface area contributed by atoms with Crippen LogP contribution < -0.4 is 4.90 Å². The number of methoxy groups -OCH3 is 1. The summed E-state index contributed by atoms with van der Waals surface area (Å²) >= 11 is 0. The molecule has 1 atom stereocenters. The summed E-state index contributed by atoms with van der Waals surface area (Å²) in [5.74, 6) is -56.7. The molecule has 0 bridgehead atoms. The second-order valence-corrected chi connectivity index (χ2v) is 8.95. The van der Waals surface area contributed by atoms with E-state index in [1.807, 2.05) is 0 Å². The van der Waals surface area contributed by atoms with Crippen molar-refractivity contribution < 1.29 is 79.4 Å². The highest BCUT2D eigenvalue weighted by Crippen LogP contribution is 2.64. The van der Waals surface area contributed by atoms with Crippen LogP contribution in [0.5, 0.6) is 0 Å². The highest BCUT2D eigenvalue weighted by atomic mass is 19.4. The van der Waals surface area contributed by atoms with E-state index in [1.54, 1.807) is 0 Å². The predicted octanol–water partition coefficient (Wildman–Crippen LogP) is 8.79. The van der Waals surface area contributed by atoms with Crippen molar-refractivity contribution in [1.82, 2.24) is 0 Å². The number of hydrogen-bond acceptors (Lipinski definition) is 2. The highest BCUT2D eigenvalue weighted by Gasteiger charge is 2.95. The molecule has 0 aliphatic heterocycles. The van der Waals surface area contributed by atoms with Crippen LogP contribution in [0.4, 0.5) is 80.3 Å². The Kier molecular flexibility index (Phi) is 9.71. The largest absolute Gasteiger partial charge is 0.460 e. The predicted molar refractivity (Wildman–Crippen MR) is 110 cm³/mol. The van der Waals surface area contributed by atoms with E-state index in [1.165, 1.54) is 30.9 Å². The standard InChI is InChI=1S/C22H22F17NO/c1-5-40(6-2)13-10-8-7-9-12(13)14(3,41-4)11-15(23,24)16(25,26)17(27,28)18(29,30)19(31,32)20(33,34)21(35,36)22(37,38)39/h7-10H,5-6,11H2,1-4H3. The molecule has 41 heavy (non-hydrogen) atoms. The molecule has 0 aliphatic rings. The molecule has 0 N–H and O–H groups in total. The van der Waals surface area contributed by atoms with Gasteiger partial charge in [0.25, 0.3) is 0 Å². The van der Waals surface area contributed by atoms with E-state index in [2.05, 4.69) is 0 Å². The van der Waals surface area contributed by atoms with Crippen LogP contribution in [0, 0.1) is 0 Å². The smallest absolute Gasteiger partial charge is 0.374 e. The Morgan fingerprint density at radius 3 is 1.32 bits per heavy atom. The number of para-hydroxylation sites is 1. The molecule has 1 aromatic rings. The fourth-order valence-electron chi connectivity index (χ4n) is 3.77. The molecule has 1 rings (SSSR count). The molecular formula is C22H22F17NO. The second kappa shape index (κ2) is 10.8. The van der Waals surface area contributed by atoms with Gasteiger partial charge in [-0.3, -0.25) is 0 Å². The van der Waals surface area contributed by atoms with Crippen LogP contribution in [-0.4, -0.2) is 67.8 Å². The lowest BCUT2D eigenvalue weighted by Crippen LogP contribution is -2.74. The van der Waals surface area contributed by atoms with Crippen LogP contribution in [0.3, 0.4) is 0 Å². The lowest BCUT2D eigenvalue weighted by Gasteiger charge is -2.44. The molecule has 19 heteroatoms. The van der Waals surface area contributed by atoms with Crippen LogP contribution in [0.25, 0.3) is 0 Å². The van der Waals surface area contributed by atoms with Crippen molar-refractivity contribution in [3.05, 3.63) is 29.8 Å². The van der Waals surface area contributed by atoms with E-state index < -0.39 is 65.2 Å². The third-order valence-corrected chi connectivity index (χ3v) is 6.37. The summed E-state index contributed by atoms with van der Waals surface area (Å²) < 4.78 is 237. The number of alkyl halides is 17. The maximum absolute atomic E-state index is 14.8. The van der Waals surface area contributed by atoms with Crippen molar-refractivity contribution >= 4 is 5.69 Å².